The number of hydrogen-bond donors (Lipinski definition) is 4. The molecule has 0 saturated heterocycles. The standard InChI is InChI=1S/C30H33N3O6/c1-21(10-5-8-17-27(35)32-26-16-7-6-15-25(26)31)28(23-13-9-14-24(20-23)38-19-18-34)39-30(37)33-29(36)22-11-3-2-4-12-22/h2-4,6-9,11-17,20-21,28,34H,5,10,18-19,31H2,1H3,(H,32,35)(H,33,36,37)/b17-8+/t21-,28-/m0/s1. The molecule has 0 bridgehead atoms. The minimum atomic E-state index is -0.877. The normalized spacial score (nSPS) is 12.4. The number of nitrogens with one attached hydrogen (secondary N) is 2. The summed E-state index contributed by atoms with van der Waals surface area (Å²) in [6.07, 6.45) is 2.69. The number of hydrogen-bond acceptors (Lipinski definition) is 7. The number of rotatable bonds is 12. The number of para-hydroxylation sites is 2. The molecule has 3 rings (SSSR count). The second-order valence-corrected chi connectivity index (χ2v) is 8.82. The monoisotopic (exact) mass is 531 g/mol. The van der Waals surface area contributed by atoms with E-state index >= 15 is 0 Å². The summed E-state index contributed by atoms with van der Waals surface area (Å²) < 4.78 is 11.2. The topological polar surface area (TPSA) is 140 Å². The maximum atomic E-state index is 12.7. The van der Waals surface area contributed by atoms with Crippen LogP contribution in [0.25, 0.3) is 0 Å². The Hall–Kier alpha value is -4.63. The van der Waals surface area contributed by atoms with Gasteiger partial charge >= 0.3 is 6.09 Å². The van der Waals surface area contributed by atoms with Gasteiger partial charge in [0.1, 0.15) is 18.5 Å². The molecule has 5 N–H and O–H groups in total. The molecule has 0 aliphatic carbocycles. The quantitative estimate of drug-likeness (QED) is 0.193. The van der Waals surface area contributed by atoms with Gasteiger partial charge in [-0.1, -0.05) is 55.5 Å². The second-order valence-electron chi connectivity index (χ2n) is 8.82. The van der Waals surface area contributed by atoms with Crippen molar-refractivity contribution in [2.24, 2.45) is 5.92 Å². The molecule has 0 heterocycles. The Kier molecular flexibility index (Phi) is 11.1. The van der Waals surface area contributed by atoms with Crippen LogP contribution in [0, 0.1) is 5.92 Å². The van der Waals surface area contributed by atoms with Gasteiger partial charge in [0.25, 0.3) is 5.91 Å². The third-order valence-corrected chi connectivity index (χ3v) is 5.83. The van der Waals surface area contributed by atoms with Crippen molar-refractivity contribution in [2.45, 2.75) is 25.9 Å². The Balaban J connectivity index is 1.66. The number of carbonyl (C=O) groups is 3. The second kappa shape index (κ2) is 14.9. The van der Waals surface area contributed by atoms with Crippen molar-refractivity contribution in [3.63, 3.8) is 0 Å². The highest BCUT2D eigenvalue weighted by atomic mass is 16.6. The van der Waals surface area contributed by atoms with Gasteiger partial charge in [-0.25, -0.2) is 4.79 Å². The number of nitrogens with two attached hydrogens (primary N) is 1. The van der Waals surface area contributed by atoms with Crippen LogP contribution in [0.3, 0.4) is 0 Å². The van der Waals surface area contributed by atoms with E-state index in [1.54, 1.807) is 84.9 Å². The Morgan fingerprint density at radius 2 is 1.74 bits per heavy atom. The molecule has 3 amide bonds. The smallest absolute Gasteiger partial charge is 0.414 e. The molecule has 9 heteroatoms. The van der Waals surface area contributed by atoms with Gasteiger partial charge in [-0.3, -0.25) is 14.9 Å². The van der Waals surface area contributed by atoms with Crippen LogP contribution >= 0.6 is 0 Å². The molecule has 0 aliphatic rings. The molecular weight excluding hydrogens is 498 g/mol. The van der Waals surface area contributed by atoms with Crippen molar-refractivity contribution in [1.82, 2.24) is 5.32 Å². The van der Waals surface area contributed by atoms with E-state index in [2.05, 4.69) is 10.6 Å². The van der Waals surface area contributed by atoms with Gasteiger partial charge in [0.2, 0.25) is 5.91 Å². The first-order valence-electron chi connectivity index (χ1n) is 12.6. The lowest BCUT2D eigenvalue weighted by atomic mass is 9.93. The van der Waals surface area contributed by atoms with Crippen molar-refractivity contribution >= 4 is 29.3 Å². The molecule has 2 atom stereocenters. The number of nitrogen functional groups attached to an aromatic ring is 1. The van der Waals surface area contributed by atoms with Crippen LogP contribution in [0.5, 0.6) is 5.75 Å². The number of aliphatic hydroxyl groups excluding tert-OH is 1. The molecule has 9 nitrogen and oxygen atoms in total. The number of allylic oxidation sites excluding steroid dienone is 1. The zero-order valence-electron chi connectivity index (χ0n) is 21.7. The lowest BCUT2D eigenvalue weighted by molar-refractivity contribution is -0.111. The predicted molar refractivity (Wildman–Crippen MR) is 149 cm³/mol. The molecule has 0 aliphatic heterocycles. The highest BCUT2D eigenvalue weighted by Gasteiger charge is 2.25. The third kappa shape index (κ3) is 9.32. The zero-order valence-corrected chi connectivity index (χ0v) is 21.7. The average Bonchev–Trinajstić information content (AvgIpc) is 2.94. The number of amides is 3. The van der Waals surface area contributed by atoms with Crippen LogP contribution in [-0.2, 0) is 9.53 Å². The highest BCUT2D eigenvalue weighted by Crippen LogP contribution is 2.31. The molecule has 0 aromatic heterocycles. The Morgan fingerprint density at radius 3 is 2.49 bits per heavy atom. The third-order valence-electron chi connectivity index (χ3n) is 5.83. The summed E-state index contributed by atoms with van der Waals surface area (Å²) in [5.74, 6) is -0.547. The number of carbonyl (C=O) groups excluding carboxylic acids is 3. The number of anilines is 2. The molecule has 39 heavy (non-hydrogen) atoms. The summed E-state index contributed by atoms with van der Waals surface area (Å²) in [4.78, 5) is 37.4. The molecule has 0 fully saturated rings. The molecule has 3 aromatic rings. The van der Waals surface area contributed by atoms with Gasteiger partial charge in [0, 0.05) is 5.56 Å². The summed E-state index contributed by atoms with van der Waals surface area (Å²) in [5, 5.41) is 14.1. The fraction of sp³-hybridized carbons (Fsp3) is 0.233. The van der Waals surface area contributed by atoms with Crippen LogP contribution in [0.15, 0.2) is 91.0 Å². The van der Waals surface area contributed by atoms with E-state index in [0.29, 0.717) is 41.1 Å². The van der Waals surface area contributed by atoms with Gasteiger partial charge in [0.05, 0.1) is 18.0 Å². The summed E-state index contributed by atoms with van der Waals surface area (Å²) in [6, 6.07) is 22.4. The van der Waals surface area contributed by atoms with Crippen LogP contribution in [0.1, 0.15) is 41.8 Å². The lowest BCUT2D eigenvalue weighted by Gasteiger charge is -2.25. The van der Waals surface area contributed by atoms with Crippen LogP contribution in [0.2, 0.25) is 0 Å². The number of benzene rings is 3. The number of imide groups is 1. The van der Waals surface area contributed by atoms with E-state index in [4.69, 9.17) is 20.3 Å². The fourth-order valence-electron chi connectivity index (χ4n) is 3.84. The zero-order chi connectivity index (χ0) is 28.0. The maximum absolute atomic E-state index is 12.7. The van der Waals surface area contributed by atoms with E-state index < -0.39 is 18.1 Å². The first kappa shape index (κ1) is 28.9. The number of ether oxygens (including phenoxy) is 2. The molecule has 0 unspecified atom stereocenters. The average molecular weight is 532 g/mol. The minimum Gasteiger partial charge on any atom is -0.491 e. The van der Waals surface area contributed by atoms with Gasteiger partial charge < -0.3 is 25.6 Å². The van der Waals surface area contributed by atoms with Crippen LogP contribution in [0.4, 0.5) is 16.2 Å². The van der Waals surface area contributed by atoms with Crippen molar-refractivity contribution in [3.05, 3.63) is 102 Å². The van der Waals surface area contributed by atoms with E-state index in [9.17, 15) is 14.4 Å². The SMILES string of the molecule is C[C@@H](CC/C=C/C(=O)Nc1ccccc1N)[C@H](OC(=O)NC(=O)c1ccccc1)c1cccc(OCCO)c1. The lowest BCUT2D eigenvalue weighted by Crippen LogP contribution is -2.33. The van der Waals surface area contributed by atoms with Gasteiger partial charge in [-0.15, -0.1) is 0 Å². The Morgan fingerprint density at radius 1 is 1.00 bits per heavy atom. The molecule has 0 spiro atoms. The van der Waals surface area contributed by atoms with E-state index in [0.717, 1.165) is 0 Å². The molecule has 0 saturated carbocycles. The van der Waals surface area contributed by atoms with Crippen molar-refractivity contribution in [3.8, 4) is 5.75 Å². The van der Waals surface area contributed by atoms with Gasteiger partial charge in [0.15, 0.2) is 0 Å². The largest absolute Gasteiger partial charge is 0.491 e. The number of alkyl carbamates (subject to hydrolysis) is 1. The Bertz CT molecular complexity index is 1280. The minimum absolute atomic E-state index is 0.123. The van der Waals surface area contributed by atoms with Crippen molar-refractivity contribution < 1.29 is 29.0 Å². The molecule has 3 aromatic carbocycles. The first-order valence-corrected chi connectivity index (χ1v) is 12.6. The predicted octanol–water partition coefficient (Wildman–Crippen LogP) is 4.86. The van der Waals surface area contributed by atoms with Crippen molar-refractivity contribution in [1.29, 1.82) is 0 Å². The van der Waals surface area contributed by atoms with Crippen molar-refractivity contribution in [2.75, 3.05) is 24.3 Å². The summed E-state index contributed by atoms with van der Waals surface area (Å²) >= 11 is 0. The summed E-state index contributed by atoms with van der Waals surface area (Å²) in [5.41, 5.74) is 7.87. The number of aliphatic hydroxyl groups is 1. The first-order chi connectivity index (χ1) is 18.9. The highest BCUT2D eigenvalue weighted by molar-refractivity contribution is 6.03. The van der Waals surface area contributed by atoms with E-state index in [1.165, 1.54) is 6.08 Å². The van der Waals surface area contributed by atoms with Crippen LogP contribution in [-0.4, -0.2) is 36.2 Å². The summed E-state index contributed by atoms with van der Waals surface area (Å²) in [6.45, 7) is 1.90. The van der Waals surface area contributed by atoms with Gasteiger partial charge in [-0.2, -0.15) is 0 Å². The molecular formula is C30H33N3O6. The maximum Gasteiger partial charge on any atom is 0.414 e. The van der Waals surface area contributed by atoms with Gasteiger partial charge in [-0.05, 0) is 66.8 Å². The Labute approximate surface area is 227 Å². The summed E-state index contributed by atoms with van der Waals surface area (Å²) in [7, 11) is 0. The van der Waals surface area contributed by atoms with E-state index in [-0.39, 0.29) is 25.0 Å². The molecule has 0 radical (unpaired) electrons. The fourth-order valence-corrected chi connectivity index (χ4v) is 3.84. The van der Waals surface area contributed by atoms with Crippen LogP contribution < -0.4 is 21.1 Å². The molecule has 204 valence electrons. The van der Waals surface area contributed by atoms with E-state index in [1.807, 2.05) is 6.92 Å².